The van der Waals surface area contributed by atoms with Crippen LogP contribution in [0.2, 0.25) is 5.02 Å². The molecular formula is C21H17ClN4O4S2. The number of sulfonamides is 1. The molecule has 0 bridgehead atoms. The largest absolute Gasteiger partial charge is 0.483 e. The fourth-order valence-electron chi connectivity index (χ4n) is 2.93. The molecular weight excluding hydrogens is 472 g/mol. The number of halogens is 1. The quantitative estimate of drug-likeness (QED) is 0.397. The van der Waals surface area contributed by atoms with Gasteiger partial charge in [-0.2, -0.15) is 0 Å². The molecule has 0 atom stereocenters. The highest BCUT2D eigenvalue weighted by Crippen LogP contribution is 2.30. The van der Waals surface area contributed by atoms with E-state index in [-0.39, 0.29) is 16.6 Å². The molecule has 2 aromatic heterocycles. The smallest absolute Gasteiger partial charge is 0.263 e. The maximum Gasteiger partial charge on any atom is 0.263 e. The lowest BCUT2D eigenvalue weighted by molar-refractivity contribution is -0.118. The summed E-state index contributed by atoms with van der Waals surface area (Å²) in [4.78, 5) is 20.7. The zero-order valence-electron chi connectivity index (χ0n) is 16.7. The van der Waals surface area contributed by atoms with E-state index in [1.165, 1.54) is 41.8 Å². The first-order valence-electron chi connectivity index (χ1n) is 9.33. The molecule has 2 heterocycles. The Morgan fingerprint density at radius 2 is 1.97 bits per heavy atom. The third kappa shape index (κ3) is 4.98. The number of anilines is 2. The highest BCUT2D eigenvalue weighted by Gasteiger charge is 2.16. The summed E-state index contributed by atoms with van der Waals surface area (Å²) < 4.78 is 32.9. The minimum atomic E-state index is -3.76. The van der Waals surface area contributed by atoms with Gasteiger partial charge in [-0.05, 0) is 43.3 Å². The molecule has 4 rings (SSSR count). The molecule has 0 radical (unpaired) electrons. The summed E-state index contributed by atoms with van der Waals surface area (Å²) in [5.41, 5.74) is 1.75. The lowest BCUT2D eigenvalue weighted by Crippen LogP contribution is -2.20. The van der Waals surface area contributed by atoms with Gasteiger partial charge >= 0.3 is 0 Å². The number of hydrogen-bond acceptors (Lipinski definition) is 7. The standard InChI is InChI=1S/C21H17ClN4O4S2/c1-13-11-18(16-3-2-4-17(22)20(16)24-13)30-12-19(27)25-14-5-7-15(8-6-14)32(28,29)26-21-23-9-10-31-21/h2-11H,12H2,1H3,(H,23,26)(H,25,27). The second kappa shape index (κ2) is 9.11. The van der Waals surface area contributed by atoms with Crippen LogP contribution in [0, 0.1) is 6.92 Å². The average Bonchev–Trinajstić information content (AvgIpc) is 3.25. The van der Waals surface area contributed by atoms with Crippen molar-refractivity contribution in [3.63, 3.8) is 0 Å². The number of carbonyl (C=O) groups excluding carboxylic acids is 1. The van der Waals surface area contributed by atoms with E-state index in [4.69, 9.17) is 16.3 Å². The molecule has 0 aliphatic carbocycles. The minimum Gasteiger partial charge on any atom is -0.483 e. The third-order valence-electron chi connectivity index (χ3n) is 4.34. The first-order valence-corrected chi connectivity index (χ1v) is 12.1. The first-order chi connectivity index (χ1) is 15.3. The molecule has 11 heteroatoms. The van der Waals surface area contributed by atoms with Gasteiger partial charge in [-0.25, -0.2) is 13.4 Å². The Bertz CT molecular complexity index is 1380. The number of pyridine rings is 1. The molecule has 0 saturated carbocycles. The second-order valence-corrected chi connectivity index (χ2v) is 9.69. The van der Waals surface area contributed by atoms with Crippen molar-refractivity contribution in [1.29, 1.82) is 0 Å². The van der Waals surface area contributed by atoms with E-state index in [1.54, 1.807) is 23.6 Å². The number of aromatic nitrogens is 2. The highest BCUT2D eigenvalue weighted by molar-refractivity contribution is 7.93. The lowest BCUT2D eigenvalue weighted by atomic mass is 10.2. The van der Waals surface area contributed by atoms with Crippen LogP contribution in [0.4, 0.5) is 10.8 Å². The zero-order valence-corrected chi connectivity index (χ0v) is 19.1. The second-order valence-electron chi connectivity index (χ2n) is 6.70. The van der Waals surface area contributed by atoms with Gasteiger partial charge in [0.25, 0.3) is 15.9 Å². The van der Waals surface area contributed by atoms with Gasteiger partial charge in [-0.3, -0.25) is 14.5 Å². The Morgan fingerprint density at radius 1 is 1.19 bits per heavy atom. The van der Waals surface area contributed by atoms with Crippen molar-refractivity contribution in [1.82, 2.24) is 9.97 Å². The number of nitrogens with one attached hydrogen (secondary N) is 2. The van der Waals surface area contributed by atoms with E-state index >= 15 is 0 Å². The van der Waals surface area contributed by atoms with Gasteiger partial charge in [0, 0.05) is 34.4 Å². The van der Waals surface area contributed by atoms with Gasteiger partial charge < -0.3 is 10.1 Å². The Kier molecular flexibility index (Phi) is 6.26. The van der Waals surface area contributed by atoms with Crippen LogP contribution in [0.15, 0.2) is 65.0 Å². The van der Waals surface area contributed by atoms with Gasteiger partial charge in [0.1, 0.15) is 5.75 Å². The van der Waals surface area contributed by atoms with Crippen LogP contribution in [0.5, 0.6) is 5.75 Å². The topological polar surface area (TPSA) is 110 Å². The number of para-hydroxylation sites is 1. The molecule has 0 saturated heterocycles. The summed E-state index contributed by atoms with van der Waals surface area (Å²) in [5, 5.41) is 5.83. The Morgan fingerprint density at radius 3 is 2.69 bits per heavy atom. The van der Waals surface area contributed by atoms with Crippen molar-refractivity contribution in [3.8, 4) is 5.75 Å². The number of fused-ring (bicyclic) bond motifs is 1. The molecule has 4 aromatic rings. The minimum absolute atomic E-state index is 0.0533. The van der Waals surface area contributed by atoms with E-state index in [9.17, 15) is 13.2 Å². The summed E-state index contributed by atoms with van der Waals surface area (Å²) >= 11 is 7.39. The van der Waals surface area contributed by atoms with E-state index in [2.05, 4.69) is 20.0 Å². The fraction of sp³-hybridized carbons (Fsp3) is 0.0952. The number of aryl methyl sites for hydroxylation is 1. The van der Waals surface area contributed by atoms with Crippen molar-refractivity contribution >= 4 is 60.6 Å². The molecule has 2 aromatic carbocycles. The molecule has 8 nitrogen and oxygen atoms in total. The van der Waals surface area contributed by atoms with Crippen molar-refractivity contribution in [3.05, 3.63) is 70.8 Å². The molecule has 0 spiro atoms. The van der Waals surface area contributed by atoms with Gasteiger partial charge in [0.15, 0.2) is 11.7 Å². The van der Waals surface area contributed by atoms with Crippen molar-refractivity contribution in [2.45, 2.75) is 11.8 Å². The van der Waals surface area contributed by atoms with Crippen LogP contribution >= 0.6 is 22.9 Å². The van der Waals surface area contributed by atoms with E-state index in [1.807, 2.05) is 13.0 Å². The van der Waals surface area contributed by atoms with Gasteiger partial charge in [0.05, 0.1) is 15.4 Å². The highest BCUT2D eigenvalue weighted by atomic mass is 35.5. The van der Waals surface area contributed by atoms with Gasteiger partial charge in [-0.1, -0.05) is 17.7 Å². The number of thiazole rings is 1. The SMILES string of the molecule is Cc1cc(OCC(=O)Nc2ccc(S(=O)(=O)Nc3nccs3)cc2)c2cccc(Cl)c2n1. The number of benzene rings is 2. The zero-order chi connectivity index (χ0) is 22.7. The van der Waals surface area contributed by atoms with Crippen molar-refractivity contribution in [2.75, 3.05) is 16.6 Å². The molecule has 0 aliphatic heterocycles. The predicted octanol–water partition coefficient (Wildman–Crippen LogP) is 4.47. The first kappa shape index (κ1) is 22.0. The molecule has 0 fully saturated rings. The normalized spacial score (nSPS) is 11.3. The number of nitrogens with zero attached hydrogens (tertiary/aromatic N) is 2. The predicted molar refractivity (Wildman–Crippen MR) is 125 cm³/mol. The van der Waals surface area contributed by atoms with Crippen LogP contribution < -0.4 is 14.8 Å². The molecule has 2 N–H and O–H groups in total. The maximum atomic E-state index is 12.4. The fourth-order valence-corrected chi connectivity index (χ4v) is 4.93. The van der Waals surface area contributed by atoms with E-state index in [0.29, 0.717) is 33.1 Å². The maximum absolute atomic E-state index is 12.4. The number of rotatable bonds is 7. The number of hydrogen-bond donors (Lipinski definition) is 2. The third-order valence-corrected chi connectivity index (χ3v) is 6.82. The number of amides is 1. The molecule has 0 unspecified atom stereocenters. The van der Waals surface area contributed by atoms with E-state index < -0.39 is 15.9 Å². The van der Waals surface area contributed by atoms with Crippen LogP contribution in [0.1, 0.15) is 5.69 Å². The van der Waals surface area contributed by atoms with Gasteiger partial charge in [-0.15, -0.1) is 11.3 Å². The monoisotopic (exact) mass is 488 g/mol. The number of ether oxygens (including phenoxy) is 1. The van der Waals surface area contributed by atoms with Crippen LogP contribution in [0.3, 0.4) is 0 Å². The van der Waals surface area contributed by atoms with Crippen LogP contribution in [-0.4, -0.2) is 30.9 Å². The van der Waals surface area contributed by atoms with Gasteiger partial charge in [0.2, 0.25) is 0 Å². The van der Waals surface area contributed by atoms with Crippen molar-refractivity contribution in [2.24, 2.45) is 0 Å². The Balaban J connectivity index is 1.41. The summed E-state index contributed by atoms with van der Waals surface area (Å²) in [5.74, 6) is 0.103. The summed E-state index contributed by atoms with van der Waals surface area (Å²) in [6.45, 7) is 1.57. The molecule has 0 aliphatic rings. The number of carbonyl (C=O) groups is 1. The summed E-state index contributed by atoms with van der Waals surface area (Å²) in [6, 6.07) is 12.9. The average molecular weight is 489 g/mol. The Hall–Kier alpha value is -3.21. The summed E-state index contributed by atoms with van der Waals surface area (Å²) in [7, 11) is -3.76. The molecule has 164 valence electrons. The van der Waals surface area contributed by atoms with Crippen molar-refractivity contribution < 1.29 is 17.9 Å². The van der Waals surface area contributed by atoms with E-state index in [0.717, 1.165) is 0 Å². The van der Waals surface area contributed by atoms with Crippen LogP contribution in [0.25, 0.3) is 10.9 Å². The molecule has 1 amide bonds. The lowest BCUT2D eigenvalue weighted by Gasteiger charge is -2.11. The Labute approximate surface area is 193 Å². The molecule has 32 heavy (non-hydrogen) atoms. The summed E-state index contributed by atoms with van der Waals surface area (Å²) in [6.07, 6.45) is 1.51. The van der Waals surface area contributed by atoms with Crippen LogP contribution in [-0.2, 0) is 14.8 Å².